The highest BCUT2D eigenvalue weighted by Crippen LogP contribution is 2.27. The van der Waals surface area contributed by atoms with Crippen LogP contribution in [0, 0.1) is 0 Å². The van der Waals surface area contributed by atoms with Crippen LogP contribution in [0.2, 0.25) is 0 Å². The van der Waals surface area contributed by atoms with Gasteiger partial charge in [0.15, 0.2) is 11.5 Å². The highest BCUT2D eigenvalue weighted by atomic mass is 16.5. The van der Waals surface area contributed by atoms with E-state index in [0.717, 1.165) is 5.56 Å². The summed E-state index contributed by atoms with van der Waals surface area (Å²) in [6.45, 7) is 0.302. The first kappa shape index (κ1) is 14.8. The van der Waals surface area contributed by atoms with E-state index in [9.17, 15) is 9.59 Å². The third-order valence-electron chi connectivity index (χ3n) is 2.47. The molecule has 0 saturated heterocycles. The minimum absolute atomic E-state index is 0.288. The predicted molar refractivity (Wildman–Crippen MR) is 68.0 cm³/mol. The van der Waals surface area contributed by atoms with Crippen molar-refractivity contribution in [2.45, 2.75) is 13.0 Å². The van der Waals surface area contributed by atoms with Gasteiger partial charge in [-0.25, -0.2) is 0 Å². The number of carbonyl (C=O) groups is 2. The summed E-state index contributed by atoms with van der Waals surface area (Å²) in [5.74, 6) is 0.251. The Kier molecular flexibility index (Phi) is 5.66. The molecule has 0 atom stereocenters. The molecule has 0 aliphatic heterocycles. The fraction of sp³-hybridized carbons (Fsp3) is 0.385. The number of nitrogens with one attached hydrogen (secondary N) is 1. The maximum Gasteiger partial charge on any atom is 0.315 e. The van der Waals surface area contributed by atoms with Crippen LogP contribution in [-0.2, 0) is 20.9 Å². The fourth-order valence-corrected chi connectivity index (χ4v) is 1.46. The van der Waals surface area contributed by atoms with Crippen LogP contribution in [0.15, 0.2) is 18.2 Å². The average Bonchev–Trinajstić information content (AvgIpc) is 2.44. The Morgan fingerprint density at radius 2 is 1.79 bits per heavy atom. The average molecular weight is 267 g/mol. The molecule has 0 aromatic heterocycles. The molecule has 6 heteroatoms. The highest BCUT2D eigenvalue weighted by Gasteiger charge is 2.09. The zero-order valence-corrected chi connectivity index (χ0v) is 11.2. The third-order valence-corrected chi connectivity index (χ3v) is 2.47. The summed E-state index contributed by atoms with van der Waals surface area (Å²) in [5, 5.41) is 2.62. The number of ether oxygens (including phenoxy) is 3. The number of amides is 1. The predicted octanol–water partition coefficient (Wildman–Crippen LogP) is 0.883. The van der Waals surface area contributed by atoms with Crippen molar-refractivity contribution >= 4 is 11.9 Å². The molecule has 1 rings (SSSR count). The Balaban J connectivity index is 2.58. The van der Waals surface area contributed by atoms with Crippen LogP contribution in [0.25, 0.3) is 0 Å². The van der Waals surface area contributed by atoms with E-state index in [-0.39, 0.29) is 12.3 Å². The Bertz CT molecular complexity index is 458. The normalized spacial score (nSPS) is 9.63. The molecule has 1 aromatic rings. The number of hydrogen-bond donors (Lipinski definition) is 1. The maximum atomic E-state index is 11.4. The van der Waals surface area contributed by atoms with Crippen molar-refractivity contribution in [3.63, 3.8) is 0 Å². The molecule has 0 heterocycles. The molecule has 19 heavy (non-hydrogen) atoms. The van der Waals surface area contributed by atoms with Gasteiger partial charge in [-0.2, -0.15) is 0 Å². The lowest BCUT2D eigenvalue weighted by Crippen LogP contribution is -2.25. The quantitative estimate of drug-likeness (QED) is 0.612. The Morgan fingerprint density at radius 1 is 1.11 bits per heavy atom. The summed E-state index contributed by atoms with van der Waals surface area (Å²) < 4.78 is 14.7. The van der Waals surface area contributed by atoms with E-state index >= 15 is 0 Å². The molecule has 0 unspecified atom stereocenters. The molecule has 0 spiro atoms. The highest BCUT2D eigenvalue weighted by molar-refractivity contribution is 5.94. The van der Waals surface area contributed by atoms with Gasteiger partial charge in [0.25, 0.3) is 0 Å². The zero-order valence-electron chi connectivity index (χ0n) is 11.2. The second-order valence-electron chi connectivity index (χ2n) is 3.72. The van der Waals surface area contributed by atoms with Crippen molar-refractivity contribution in [2.75, 3.05) is 21.3 Å². The van der Waals surface area contributed by atoms with E-state index in [0.29, 0.717) is 18.0 Å². The van der Waals surface area contributed by atoms with Gasteiger partial charge in [0.1, 0.15) is 6.42 Å². The van der Waals surface area contributed by atoms with E-state index in [1.165, 1.54) is 14.2 Å². The number of benzene rings is 1. The van der Waals surface area contributed by atoms with Gasteiger partial charge in [-0.3, -0.25) is 9.59 Å². The largest absolute Gasteiger partial charge is 0.493 e. The van der Waals surface area contributed by atoms with Crippen LogP contribution in [0.5, 0.6) is 11.5 Å². The topological polar surface area (TPSA) is 73.9 Å². The van der Waals surface area contributed by atoms with E-state index < -0.39 is 5.97 Å². The molecule has 6 nitrogen and oxygen atoms in total. The molecule has 0 saturated carbocycles. The SMILES string of the molecule is COC(=O)CC(=O)NCc1ccc(OC)c(OC)c1. The molecule has 1 aromatic carbocycles. The Labute approximate surface area is 111 Å². The van der Waals surface area contributed by atoms with Crippen molar-refractivity contribution < 1.29 is 23.8 Å². The van der Waals surface area contributed by atoms with Crippen LogP contribution in [0.3, 0.4) is 0 Å². The number of methoxy groups -OCH3 is 3. The minimum Gasteiger partial charge on any atom is -0.493 e. The molecule has 0 aliphatic rings. The van der Waals surface area contributed by atoms with Gasteiger partial charge in [0.05, 0.1) is 21.3 Å². The maximum absolute atomic E-state index is 11.4. The monoisotopic (exact) mass is 267 g/mol. The van der Waals surface area contributed by atoms with Crippen molar-refractivity contribution in [1.29, 1.82) is 0 Å². The van der Waals surface area contributed by atoms with Gasteiger partial charge in [-0.15, -0.1) is 0 Å². The lowest BCUT2D eigenvalue weighted by molar-refractivity contribution is -0.143. The van der Waals surface area contributed by atoms with Crippen LogP contribution in [-0.4, -0.2) is 33.2 Å². The fourth-order valence-electron chi connectivity index (χ4n) is 1.46. The van der Waals surface area contributed by atoms with Gasteiger partial charge in [-0.1, -0.05) is 6.07 Å². The summed E-state index contributed by atoms with van der Waals surface area (Å²) in [6.07, 6.45) is -0.288. The Hall–Kier alpha value is -2.24. The first-order chi connectivity index (χ1) is 9.10. The molecule has 104 valence electrons. The van der Waals surface area contributed by atoms with Gasteiger partial charge >= 0.3 is 5.97 Å². The molecular weight excluding hydrogens is 250 g/mol. The minimum atomic E-state index is -0.565. The van der Waals surface area contributed by atoms with Crippen molar-refractivity contribution in [3.05, 3.63) is 23.8 Å². The summed E-state index contributed by atoms with van der Waals surface area (Å²) in [7, 11) is 4.33. The summed E-state index contributed by atoms with van der Waals surface area (Å²) in [5.41, 5.74) is 0.843. The lowest BCUT2D eigenvalue weighted by atomic mass is 10.2. The van der Waals surface area contributed by atoms with Gasteiger partial charge in [0.2, 0.25) is 5.91 Å². The van der Waals surface area contributed by atoms with E-state index in [4.69, 9.17) is 9.47 Å². The van der Waals surface area contributed by atoms with Gasteiger partial charge < -0.3 is 19.5 Å². The molecule has 1 amide bonds. The van der Waals surface area contributed by atoms with Crippen LogP contribution >= 0.6 is 0 Å². The van der Waals surface area contributed by atoms with E-state index in [2.05, 4.69) is 10.1 Å². The molecular formula is C13H17NO5. The molecule has 1 N–H and O–H groups in total. The second-order valence-corrected chi connectivity index (χ2v) is 3.72. The summed E-state index contributed by atoms with van der Waals surface area (Å²) in [4.78, 5) is 22.3. The van der Waals surface area contributed by atoms with Crippen molar-refractivity contribution in [2.24, 2.45) is 0 Å². The molecule has 0 bridgehead atoms. The Morgan fingerprint density at radius 3 is 2.37 bits per heavy atom. The van der Waals surface area contributed by atoms with Crippen LogP contribution < -0.4 is 14.8 Å². The number of hydrogen-bond acceptors (Lipinski definition) is 5. The van der Waals surface area contributed by atoms with Crippen LogP contribution in [0.1, 0.15) is 12.0 Å². The first-order valence-electron chi connectivity index (χ1n) is 5.65. The smallest absolute Gasteiger partial charge is 0.315 e. The third kappa shape index (κ3) is 4.50. The van der Waals surface area contributed by atoms with Gasteiger partial charge in [-0.05, 0) is 17.7 Å². The zero-order chi connectivity index (χ0) is 14.3. The standard InChI is InChI=1S/C13H17NO5/c1-17-10-5-4-9(6-11(10)18-2)8-14-12(15)7-13(16)19-3/h4-6H,7-8H2,1-3H3,(H,14,15). The molecule has 0 fully saturated rings. The summed E-state index contributed by atoms with van der Waals surface area (Å²) in [6, 6.07) is 5.32. The first-order valence-corrected chi connectivity index (χ1v) is 5.65. The summed E-state index contributed by atoms with van der Waals surface area (Å²) >= 11 is 0. The number of rotatable bonds is 6. The lowest BCUT2D eigenvalue weighted by Gasteiger charge is -2.10. The number of esters is 1. The number of carbonyl (C=O) groups excluding carboxylic acids is 2. The van der Waals surface area contributed by atoms with Crippen LogP contribution in [0.4, 0.5) is 0 Å². The molecule has 0 radical (unpaired) electrons. The molecule has 0 aliphatic carbocycles. The van der Waals surface area contributed by atoms with E-state index in [1.807, 2.05) is 0 Å². The van der Waals surface area contributed by atoms with Crippen molar-refractivity contribution in [3.8, 4) is 11.5 Å². The van der Waals surface area contributed by atoms with Gasteiger partial charge in [0, 0.05) is 6.54 Å². The van der Waals surface area contributed by atoms with E-state index in [1.54, 1.807) is 25.3 Å². The second kappa shape index (κ2) is 7.25. The van der Waals surface area contributed by atoms with Crippen molar-refractivity contribution in [1.82, 2.24) is 5.32 Å².